The van der Waals surface area contributed by atoms with E-state index in [2.05, 4.69) is 24.0 Å². The molecule has 2 heterocycles. The average Bonchev–Trinajstić information content (AvgIpc) is 2.73. The quantitative estimate of drug-likeness (QED) is 0.794. The Hall–Kier alpha value is -1.31. The summed E-state index contributed by atoms with van der Waals surface area (Å²) in [7, 11) is -3.11. The van der Waals surface area contributed by atoms with Crippen molar-refractivity contribution in [3.63, 3.8) is 0 Å². The van der Waals surface area contributed by atoms with Gasteiger partial charge in [0.25, 0.3) is 0 Å². The second kappa shape index (κ2) is 7.51. The molecule has 0 radical (unpaired) electrons. The summed E-state index contributed by atoms with van der Waals surface area (Å²) < 4.78 is 36.9. The summed E-state index contributed by atoms with van der Waals surface area (Å²) in [5.41, 5.74) is 2.32. The molecule has 1 unspecified atom stereocenters. The number of sulfonamides is 1. The summed E-state index contributed by atoms with van der Waals surface area (Å²) in [4.78, 5) is 2.30. The van der Waals surface area contributed by atoms with Gasteiger partial charge in [0.2, 0.25) is 10.0 Å². The van der Waals surface area contributed by atoms with Crippen molar-refractivity contribution in [2.75, 3.05) is 39.0 Å². The molecule has 2 aliphatic heterocycles. The number of rotatable bonds is 5. The minimum atomic E-state index is -3.11. The summed E-state index contributed by atoms with van der Waals surface area (Å²) in [6.07, 6.45) is 3.26. The fourth-order valence-electron chi connectivity index (χ4n) is 3.57. The molecule has 1 saturated heterocycles. The highest BCUT2D eigenvalue weighted by Gasteiger charge is 2.25. The molecule has 1 atom stereocenters. The predicted molar refractivity (Wildman–Crippen MR) is 97.7 cm³/mol. The van der Waals surface area contributed by atoms with Crippen LogP contribution in [-0.2, 0) is 23.0 Å². The Bertz CT molecular complexity index is 720. The maximum Gasteiger partial charge on any atom is 0.211 e. The molecule has 3 rings (SSSR count). The third kappa shape index (κ3) is 4.46. The van der Waals surface area contributed by atoms with Crippen LogP contribution in [0.4, 0.5) is 0 Å². The van der Waals surface area contributed by atoms with E-state index in [-0.39, 0.29) is 6.10 Å². The van der Waals surface area contributed by atoms with Crippen molar-refractivity contribution >= 4 is 10.0 Å². The van der Waals surface area contributed by atoms with Gasteiger partial charge in [0, 0.05) is 43.7 Å². The van der Waals surface area contributed by atoms with Gasteiger partial charge in [-0.15, -0.1) is 0 Å². The molecule has 0 saturated carbocycles. The van der Waals surface area contributed by atoms with Gasteiger partial charge < -0.3 is 9.47 Å². The third-order valence-corrected chi connectivity index (χ3v) is 6.09. The van der Waals surface area contributed by atoms with Crippen molar-refractivity contribution in [1.82, 2.24) is 9.21 Å². The number of benzene rings is 1. The minimum absolute atomic E-state index is 0.209. The van der Waals surface area contributed by atoms with Crippen LogP contribution in [0.3, 0.4) is 0 Å². The van der Waals surface area contributed by atoms with Crippen LogP contribution in [0.5, 0.6) is 11.5 Å². The van der Waals surface area contributed by atoms with E-state index in [1.165, 1.54) is 11.8 Å². The zero-order valence-electron chi connectivity index (χ0n) is 15.3. The van der Waals surface area contributed by atoms with Crippen molar-refractivity contribution in [3.05, 3.63) is 23.3 Å². The van der Waals surface area contributed by atoms with E-state index < -0.39 is 10.0 Å². The first kappa shape index (κ1) is 18.5. The second-order valence-electron chi connectivity index (χ2n) is 6.92. The topological polar surface area (TPSA) is 59.1 Å². The summed E-state index contributed by atoms with van der Waals surface area (Å²) in [6, 6.07) is 4.21. The van der Waals surface area contributed by atoms with Crippen molar-refractivity contribution in [3.8, 4) is 11.5 Å². The van der Waals surface area contributed by atoms with E-state index in [0.29, 0.717) is 19.7 Å². The number of hydrogen-bond donors (Lipinski definition) is 0. The van der Waals surface area contributed by atoms with Crippen LogP contribution in [0, 0.1) is 0 Å². The highest BCUT2D eigenvalue weighted by molar-refractivity contribution is 7.88. The molecule has 0 bridgehead atoms. The SMILES string of the molecule is CCOc1cc2c(cc1CN1CCCN(S(C)(=O)=O)CC1)OC(C)C2. The van der Waals surface area contributed by atoms with Crippen LogP contribution >= 0.6 is 0 Å². The lowest BCUT2D eigenvalue weighted by atomic mass is 10.1. The van der Waals surface area contributed by atoms with Gasteiger partial charge in [0.05, 0.1) is 12.9 Å². The molecule has 25 heavy (non-hydrogen) atoms. The lowest BCUT2D eigenvalue weighted by molar-refractivity contribution is 0.251. The summed E-state index contributed by atoms with van der Waals surface area (Å²) in [6.45, 7) is 8.20. The summed E-state index contributed by atoms with van der Waals surface area (Å²) in [5, 5.41) is 0. The standard InChI is InChI=1S/C18H28N2O4S/c1-4-23-17-11-15-10-14(2)24-18(15)12-16(17)13-19-6-5-7-20(9-8-19)25(3,21)22/h11-12,14H,4-10,13H2,1-3H3. The van der Waals surface area contributed by atoms with Gasteiger partial charge in [0.1, 0.15) is 17.6 Å². The fourth-order valence-corrected chi connectivity index (χ4v) is 4.45. The highest BCUT2D eigenvalue weighted by Crippen LogP contribution is 2.35. The number of nitrogens with zero attached hydrogens (tertiary/aromatic N) is 2. The van der Waals surface area contributed by atoms with Crippen LogP contribution in [0.25, 0.3) is 0 Å². The molecule has 2 aliphatic rings. The lowest BCUT2D eigenvalue weighted by Gasteiger charge is -2.22. The summed E-state index contributed by atoms with van der Waals surface area (Å²) >= 11 is 0. The van der Waals surface area contributed by atoms with Crippen molar-refractivity contribution in [1.29, 1.82) is 0 Å². The Morgan fingerprint density at radius 2 is 2.04 bits per heavy atom. The second-order valence-corrected chi connectivity index (χ2v) is 8.91. The molecule has 6 nitrogen and oxygen atoms in total. The van der Waals surface area contributed by atoms with Gasteiger partial charge in [-0.2, -0.15) is 0 Å². The van der Waals surface area contributed by atoms with E-state index in [1.807, 2.05) is 6.92 Å². The summed E-state index contributed by atoms with van der Waals surface area (Å²) in [5.74, 6) is 1.88. The molecule has 0 spiro atoms. The zero-order valence-corrected chi connectivity index (χ0v) is 16.1. The van der Waals surface area contributed by atoms with Crippen LogP contribution in [0.15, 0.2) is 12.1 Å². The first-order valence-corrected chi connectivity index (χ1v) is 10.8. The molecule has 0 N–H and O–H groups in total. The Labute approximate surface area is 150 Å². The molecule has 0 aliphatic carbocycles. The highest BCUT2D eigenvalue weighted by atomic mass is 32.2. The maximum absolute atomic E-state index is 11.8. The Morgan fingerprint density at radius 3 is 2.76 bits per heavy atom. The largest absolute Gasteiger partial charge is 0.494 e. The Kier molecular flexibility index (Phi) is 5.55. The van der Waals surface area contributed by atoms with Gasteiger partial charge in [-0.3, -0.25) is 4.90 Å². The molecule has 140 valence electrons. The van der Waals surface area contributed by atoms with Crippen LogP contribution in [-0.4, -0.2) is 62.8 Å². The van der Waals surface area contributed by atoms with Gasteiger partial charge in [0.15, 0.2) is 0 Å². The van der Waals surface area contributed by atoms with Crippen molar-refractivity contribution in [2.24, 2.45) is 0 Å². The number of hydrogen-bond acceptors (Lipinski definition) is 5. The normalized spacial score (nSPS) is 22.3. The van der Waals surface area contributed by atoms with E-state index in [1.54, 1.807) is 4.31 Å². The Morgan fingerprint density at radius 1 is 1.24 bits per heavy atom. The number of ether oxygens (including phenoxy) is 2. The zero-order chi connectivity index (χ0) is 18.0. The molecule has 0 amide bonds. The predicted octanol–water partition coefficient (Wildman–Crippen LogP) is 1.88. The maximum atomic E-state index is 11.8. The van der Waals surface area contributed by atoms with Gasteiger partial charge in [-0.25, -0.2) is 12.7 Å². The van der Waals surface area contributed by atoms with Gasteiger partial charge in [-0.05, 0) is 38.9 Å². The van der Waals surface area contributed by atoms with Crippen LogP contribution in [0.1, 0.15) is 31.4 Å². The minimum Gasteiger partial charge on any atom is -0.494 e. The van der Waals surface area contributed by atoms with Crippen molar-refractivity contribution < 1.29 is 17.9 Å². The molecular weight excluding hydrogens is 340 g/mol. The molecular formula is C18H28N2O4S. The smallest absolute Gasteiger partial charge is 0.211 e. The van der Waals surface area contributed by atoms with Crippen LogP contribution in [0.2, 0.25) is 0 Å². The molecule has 1 aromatic carbocycles. The lowest BCUT2D eigenvalue weighted by Crippen LogP contribution is -2.34. The first-order chi connectivity index (χ1) is 11.9. The van der Waals surface area contributed by atoms with Gasteiger partial charge in [-0.1, -0.05) is 0 Å². The van der Waals surface area contributed by atoms with E-state index in [9.17, 15) is 8.42 Å². The monoisotopic (exact) mass is 368 g/mol. The number of fused-ring (bicyclic) bond motifs is 1. The third-order valence-electron chi connectivity index (χ3n) is 4.79. The fraction of sp³-hybridized carbons (Fsp3) is 0.667. The van der Waals surface area contributed by atoms with Gasteiger partial charge >= 0.3 is 0 Å². The van der Waals surface area contributed by atoms with E-state index >= 15 is 0 Å². The van der Waals surface area contributed by atoms with E-state index in [4.69, 9.17) is 9.47 Å². The van der Waals surface area contributed by atoms with E-state index in [0.717, 1.165) is 49.5 Å². The molecule has 1 fully saturated rings. The average molecular weight is 368 g/mol. The van der Waals surface area contributed by atoms with Crippen LogP contribution < -0.4 is 9.47 Å². The Balaban J connectivity index is 1.75. The first-order valence-electron chi connectivity index (χ1n) is 8.99. The molecule has 7 heteroatoms. The molecule has 0 aromatic heterocycles. The molecule has 1 aromatic rings. The van der Waals surface area contributed by atoms with Crippen molar-refractivity contribution in [2.45, 2.75) is 39.3 Å².